The van der Waals surface area contributed by atoms with Crippen molar-refractivity contribution in [2.45, 2.75) is 33.0 Å². The maximum Gasteiger partial charge on any atom is 0.332 e. The van der Waals surface area contributed by atoms with Crippen molar-refractivity contribution in [2.24, 2.45) is 0 Å². The Morgan fingerprint density at radius 3 is 2.33 bits per heavy atom. The molecule has 0 spiro atoms. The lowest BCUT2D eigenvalue weighted by molar-refractivity contribution is 0.137. The molecule has 0 aliphatic rings. The Kier molecular flexibility index (Phi) is 4.51. The highest BCUT2D eigenvalue weighted by atomic mass is 28.4. The molecular weight excluding hydrogens is 204 g/mol. The average Bonchev–Trinajstić information content (AvgIpc) is 2.18. The zero-order chi connectivity index (χ0) is 11.3. The van der Waals surface area contributed by atoms with Gasteiger partial charge in [0.2, 0.25) is 0 Å². The summed E-state index contributed by atoms with van der Waals surface area (Å²) in [5.41, 5.74) is 1.21. The maximum absolute atomic E-state index is 5.98. The van der Waals surface area contributed by atoms with Crippen molar-refractivity contribution >= 4 is 8.56 Å². The Hall–Kier alpha value is -0.643. The van der Waals surface area contributed by atoms with Gasteiger partial charge in [-0.1, -0.05) is 30.3 Å². The second-order valence-corrected chi connectivity index (χ2v) is 7.33. The largest absolute Gasteiger partial charge is 0.395 e. The van der Waals surface area contributed by atoms with Crippen LogP contribution < -0.4 is 0 Å². The summed E-state index contributed by atoms with van der Waals surface area (Å²) in [6.07, 6.45) is 0.111. The standard InChI is InChI=1S/C12H20O2Si/c1-5-13-15(3,4)14-11(2)12-9-7-6-8-10-12/h6-11H,5H2,1-4H3. The third-order valence-corrected chi connectivity index (χ3v) is 4.13. The van der Waals surface area contributed by atoms with E-state index in [1.807, 2.05) is 25.1 Å². The first-order valence-corrected chi connectivity index (χ1v) is 8.23. The molecular formula is C12H20O2Si. The average molecular weight is 224 g/mol. The first kappa shape index (κ1) is 12.4. The third-order valence-electron chi connectivity index (χ3n) is 2.22. The first-order chi connectivity index (χ1) is 7.05. The van der Waals surface area contributed by atoms with E-state index in [0.717, 1.165) is 6.61 Å². The van der Waals surface area contributed by atoms with Crippen molar-refractivity contribution in [3.8, 4) is 0 Å². The van der Waals surface area contributed by atoms with Gasteiger partial charge in [0.25, 0.3) is 0 Å². The minimum Gasteiger partial charge on any atom is -0.395 e. The monoisotopic (exact) mass is 224 g/mol. The SMILES string of the molecule is CCO[Si](C)(C)OC(C)c1ccccc1. The minimum atomic E-state index is -1.95. The molecule has 0 aromatic heterocycles. The van der Waals surface area contributed by atoms with Crippen LogP contribution in [0.2, 0.25) is 13.1 Å². The van der Waals surface area contributed by atoms with E-state index in [9.17, 15) is 0 Å². The van der Waals surface area contributed by atoms with E-state index in [1.54, 1.807) is 0 Å². The summed E-state index contributed by atoms with van der Waals surface area (Å²) < 4.78 is 11.6. The van der Waals surface area contributed by atoms with Crippen molar-refractivity contribution in [1.29, 1.82) is 0 Å². The lowest BCUT2D eigenvalue weighted by Crippen LogP contribution is -2.35. The van der Waals surface area contributed by atoms with Gasteiger partial charge in [-0.3, -0.25) is 0 Å². The number of benzene rings is 1. The maximum atomic E-state index is 5.98. The Labute approximate surface area is 93.5 Å². The summed E-state index contributed by atoms with van der Waals surface area (Å²) in [4.78, 5) is 0. The lowest BCUT2D eigenvalue weighted by atomic mass is 10.1. The zero-order valence-corrected chi connectivity index (χ0v) is 11.0. The van der Waals surface area contributed by atoms with Crippen LogP contribution in [0.4, 0.5) is 0 Å². The highest BCUT2D eigenvalue weighted by Gasteiger charge is 2.26. The molecule has 0 amide bonds. The molecule has 3 heteroatoms. The topological polar surface area (TPSA) is 18.5 Å². The number of hydrogen-bond donors (Lipinski definition) is 0. The molecule has 0 aliphatic heterocycles. The minimum absolute atomic E-state index is 0.111. The summed E-state index contributed by atoms with van der Waals surface area (Å²) in [7, 11) is -1.95. The summed E-state index contributed by atoms with van der Waals surface area (Å²) >= 11 is 0. The quantitative estimate of drug-likeness (QED) is 0.713. The van der Waals surface area contributed by atoms with Crippen LogP contribution in [0.1, 0.15) is 25.5 Å². The fraction of sp³-hybridized carbons (Fsp3) is 0.500. The molecule has 15 heavy (non-hydrogen) atoms. The van der Waals surface area contributed by atoms with Gasteiger partial charge in [0, 0.05) is 6.61 Å². The molecule has 0 saturated heterocycles. The van der Waals surface area contributed by atoms with Crippen LogP contribution in [0.3, 0.4) is 0 Å². The summed E-state index contributed by atoms with van der Waals surface area (Å²) in [5, 5.41) is 0. The van der Waals surface area contributed by atoms with E-state index in [0.29, 0.717) is 0 Å². The van der Waals surface area contributed by atoms with E-state index in [-0.39, 0.29) is 6.10 Å². The fourth-order valence-electron chi connectivity index (χ4n) is 1.60. The Balaban J connectivity index is 2.59. The van der Waals surface area contributed by atoms with Crippen LogP contribution in [0.15, 0.2) is 30.3 Å². The van der Waals surface area contributed by atoms with E-state index >= 15 is 0 Å². The molecule has 84 valence electrons. The normalized spacial score (nSPS) is 13.9. The predicted molar refractivity (Wildman–Crippen MR) is 65.1 cm³/mol. The second kappa shape index (κ2) is 5.44. The van der Waals surface area contributed by atoms with Crippen LogP contribution in [-0.2, 0) is 8.85 Å². The van der Waals surface area contributed by atoms with Crippen LogP contribution in [-0.4, -0.2) is 15.2 Å². The van der Waals surface area contributed by atoms with Gasteiger partial charge in [-0.15, -0.1) is 0 Å². The van der Waals surface area contributed by atoms with Gasteiger partial charge in [-0.05, 0) is 32.5 Å². The number of hydrogen-bond acceptors (Lipinski definition) is 2. The Morgan fingerprint density at radius 2 is 1.80 bits per heavy atom. The lowest BCUT2D eigenvalue weighted by Gasteiger charge is -2.26. The van der Waals surface area contributed by atoms with Gasteiger partial charge < -0.3 is 8.85 Å². The molecule has 0 saturated carbocycles. The second-order valence-electron chi connectivity index (χ2n) is 4.00. The number of rotatable bonds is 5. The predicted octanol–water partition coefficient (Wildman–Crippen LogP) is 3.50. The third kappa shape index (κ3) is 4.16. The van der Waals surface area contributed by atoms with Crippen molar-refractivity contribution in [1.82, 2.24) is 0 Å². The molecule has 0 aliphatic carbocycles. The first-order valence-electron chi connectivity index (χ1n) is 5.42. The van der Waals surface area contributed by atoms with Crippen LogP contribution >= 0.6 is 0 Å². The summed E-state index contributed by atoms with van der Waals surface area (Å²) in [6.45, 7) is 8.96. The van der Waals surface area contributed by atoms with Gasteiger partial charge in [-0.25, -0.2) is 0 Å². The molecule has 1 aromatic carbocycles. The van der Waals surface area contributed by atoms with Crippen molar-refractivity contribution in [3.63, 3.8) is 0 Å². The smallest absolute Gasteiger partial charge is 0.332 e. The van der Waals surface area contributed by atoms with Crippen LogP contribution in [0, 0.1) is 0 Å². The zero-order valence-electron chi connectivity index (χ0n) is 9.99. The fourth-order valence-corrected chi connectivity index (χ4v) is 3.35. The van der Waals surface area contributed by atoms with E-state index in [4.69, 9.17) is 8.85 Å². The van der Waals surface area contributed by atoms with E-state index < -0.39 is 8.56 Å². The van der Waals surface area contributed by atoms with Crippen molar-refractivity contribution < 1.29 is 8.85 Å². The molecule has 0 fully saturated rings. The van der Waals surface area contributed by atoms with E-state index in [2.05, 4.69) is 32.2 Å². The Bertz CT molecular complexity index is 285. The van der Waals surface area contributed by atoms with Gasteiger partial charge in [-0.2, -0.15) is 0 Å². The molecule has 0 bridgehead atoms. The van der Waals surface area contributed by atoms with Crippen LogP contribution in [0.5, 0.6) is 0 Å². The molecule has 1 atom stereocenters. The summed E-state index contributed by atoms with van der Waals surface area (Å²) in [5.74, 6) is 0. The highest BCUT2D eigenvalue weighted by molar-refractivity contribution is 6.64. The molecule has 0 heterocycles. The Morgan fingerprint density at radius 1 is 1.20 bits per heavy atom. The molecule has 1 aromatic rings. The van der Waals surface area contributed by atoms with Crippen molar-refractivity contribution in [3.05, 3.63) is 35.9 Å². The molecule has 0 radical (unpaired) electrons. The van der Waals surface area contributed by atoms with Crippen molar-refractivity contribution in [2.75, 3.05) is 6.61 Å². The van der Waals surface area contributed by atoms with Crippen LogP contribution in [0.25, 0.3) is 0 Å². The van der Waals surface area contributed by atoms with Gasteiger partial charge >= 0.3 is 8.56 Å². The summed E-state index contributed by atoms with van der Waals surface area (Å²) in [6, 6.07) is 10.2. The molecule has 2 nitrogen and oxygen atoms in total. The van der Waals surface area contributed by atoms with Gasteiger partial charge in [0.15, 0.2) is 0 Å². The molecule has 1 rings (SSSR count). The van der Waals surface area contributed by atoms with E-state index in [1.165, 1.54) is 5.56 Å². The van der Waals surface area contributed by atoms with Gasteiger partial charge in [0.1, 0.15) is 0 Å². The molecule has 1 unspecified atom stereocenters. The molecule has 0 N–H and O–H groups in total. The van der Waals surface area contributed by atoms with Gasteiger partial charge in [0.05, 0.1) is 6.10 Å². The highest BCUT2D eigenvalue weighted by Crippen LogP contribution is 2.21.